The first-order chi connectivity index (χ1) is 18.1. The minimum Gasteiger partial charge on any atom is -0.497 e. The van der Waals surface area contributed by atoms with E-state index in [-0.39, 0.29) is 11.8 Å². The summed E-state index contributed by atoms with van der Waals surface area (Å²) < 4.78 is 33.9. The number of hydrogen-bond acceptors (Lipinski definition) is 7. The maximum Gasteiger partial charge on any atom is 0.472 e. The number of aryl methyl sites for hydroxylation is 1. The third kappa shape index (κ3) is 6.43. The molecule has 0 fully saturated rings. The standard InChI is InChI=1S/C28H32NO8P/c1-5-29(6-2)14-13-27(37-38(31,32)33)35-21-9-12-24-26(17-21)36-25-16-19(30)7-10-23(25)28(24)22-11-8-20(34-4)15-18(22)3/h7-12,15-17,27H,5-6,13-14H2,1-4H3,(H2,31,32,33). The van der Waals surface area contributed by atoms with Gasteiger partial charge in [0.2, 0.25) is 6.29 Å². The van der Waals surface area contributed by atoms with Crippen LogP contribution in [0, 0.1) is 6.92 Å². The van der Waals surface area contributed by atoms with Crippen LogP contribution in [-0.4, -0.2) is 47.7 Å². The lowest BCUT2D eigenvalue weighted by Crippen LogP contribution is -2.30. The molecule has 0 saturated carbocycles. The number of benzene rings is 3. The van der Waals surface area contributed by atoms with Gasteiger partial charge in [-0.2, -0.15) is 0 Å². The van der Waals surface area contributed by atoms with Crippen molar-refractivity contribution >= 4 is 18.8 Å². The number of fused-ring (bicyclic) bond motifs is 2. The molecule has 0 spiro atoms. The average Bonchev–Trinajstić information content (AvgIpc) is 2.87. The fourth-order valence-electron chi connectivity index (χ4n) is 4.52. The molecule has 0 radical (unpaired) electrons. The molecule has 1 aliphatic carbocycles. The fourth-order valence-corrected chi connectivity index (χ4v) is 4.98. The Labute approximate surface area is 221 Å². The van der Waals surface area contributed by atoms with Crippen LogP contribution in [0.2, 0.25) is 0 Å². The van der Waals surface area contributed by atoms with Gasteiger partial charge in [-0.05, 0) is 67.5 Å². The predicted molar refractivity (Wildman–Crippen MR) is 146 cm³/mol. The Bertz CT molecular complexity index is 1490. The van der Waals surface area contributed by atoms with Crippen molar-refractivity contribution in [2.75, 3.05) is 26.7 Å². The Kier molecular flexibility index (Phi) is 8.55. The quantitative estimate of drug-likeness (QED) is 0.146. The number of methoxy groups -OCH3 is 1. The molecule has 38 heavy (non-hydrogen) atoms. The van der Waals surface area contributed by atoms with Crippen molar-refractivity contribution < 1.29 is 32.8 Å². The van der Waals surface area contributed by atoms with Crippen LogP contribution in [0.4, 0.5) is 0 Å². The van der Waals surface area contributed by atoms with E-state index < -0.39 is 14.1 Å². The molecule has 1 aliphatic heterocycles. The van der Waals surface area contributed by atoms with E-state index in [4.69, 9.17) is 18.4 Å². The van der Waals surface area contributed by atoms with Crippen LogP contribution >= 0.6 is 7.82 Å². The summed E-state index contributed by atoms with van der Waals surface area (Å²) in [4.78, 5) is 33.1. The van der Waals surface area contributed by atoms with E-state index in [0.29, 0.717) is 23.6 Å². The molecule has 9 nitrogen and oxygen atoms in total. The van der Waals surface area contributed by atoms with Crippen molar-refractivity contribution in [2.24, 2.45) is 0 Å². The maximum atomic E-state index is 12.1. The van der Waals surface area contributed by atoms with Crippen LogP contribution < -0.4 is 14.9 Å². The van der Waals surface area contributed by atoms with E-state index in [1.165, 1.54) is 12.1 Å². The highest BCUT2D eigenvalue weighted by molar-refractivity contribution is 7.46. The molecular formula is C28H32NO8P. The summed E-state index contributed by atoms with van der Waals surface area (Å²) >= 11 is 0. The van der Waals surface area contributed by atoms with Crippen LogP contribution in [0.25, 0.3) is 33.4 Å². The number of ether oxygens (including phenoxy) is 2. The van der Waals surface area contributed by atoms with Gasteiger partial charge in [0, 0.05) is 41.6 Å². The fraction of sp³-hybridized carbons (Fsp3) is 0.321. The van der Waals surface area contributed by atoms with Crippen molar-refractivity contribution in [1.29, 1.82) is 0 Å². The molecule has 4 rings (SSSR count). The lowest BCUT2D eigenvalue weighted by molar-refractivity contribution is -0.0261. The second-order valence-corrected chi connectivity index (χ2v) is 10.1. The van der Waals surface area contributed by atoms with Gasteiger partial charge in [0.25, 0.3) is 0 Å². The molecule has 1 heterocycles. The highest BCUT2D eigenvalue weighted by Gasteiger charge is 2.25. The van der Waals surface area contributed by atoms with E-state index in [9.17, 15) is 19.1 Å². The molecule has 0 bridgehead atoms. The molecule has 2 aromatic rings. The summed E-state index contributed by atoms with van der Waals surface area (Å²) in [6, 6.07) is 15.7. The van der Waals surface area contributed by atoms with Gasteiger partial charge in [0.15, 0.2) is 5.43 Å². The van der Waals surface area contributed by atoms with Crippen molar-refractivity contribution in [3.63, 3.8) is 0 Å². The second kappa shape index (κ2) is 11.7. The summed E-state index contributed by atoms with van der Waals surface area (Å²) in [6.45, 7) is 8.11. The summed E-state index contributed by atoms with van der Waals surface area (Å²) in [7, 11) is -3.18. The normalized spacial score (nSPS) is 12.8. The Morgan fingerprint density at radius 2 is 1.68 bits per heavy atom. The van der Waals surface area contributed by atoms with Gasteiger partial charge in [-0.1, -0.05) is 19.9 Å². The van der Waals surface area contributed by atoms with Crippen LogP contribution in [-0.2, 0) is 9.09 Å². The number of phosphoric ester groups is 1. The number of phosphoric acid groups is 1. The van der Waals surface area contributed by atoms with E-state index in [1.54, 1.807) is 25.3 Å². The molecule has 1 atom stereocenters. The van der Waals surface area contributed by atoms with Crippen LogP contribution in [0.15, 0.2) is 63.8 Å². The smallest absolute Gasteiger partial charge is 0.472 e. The van der Waals surface area contributed by atoms with E-state index >= 15 is 0 Å². The highest BCUT2D eigenvalue weighted by atomic mass is 31.2. The Morgan fingerprint density at radius 3 is 2.34 bits per heavy atom. The zero-order valence-electron chi connectivity index (χ0n) is 21.8. The minimum absolute atomic E-state index is 0.183. The predicted octanol–water partition coefficient (Wildman–Crippen LogP) is 5.43. The Morgan fingerprint density at radius 1 is 0.974 bits per heavy atom. The molecule has 0 aromatic heterocycles. The van der Waals surface area contributed by atoms with Crippen molar-refractivity contribution in [3.8, 4) is 33.9 Å². The summed E-state index contributed by atoms with van der Waals surface area (Å²) in [5, 5.41) is 0.785. The Hall–Kier alpha value is -3.20. The summed E-state index contributed by atoms with van der Waals surface area (Å²) in [5.41, 5.74) is 3.86. The van der Waals surface area contributed by atoms with E-state index in [1.807, 2.05) is 45.0 Å². The third-order valence-electron chi connectivity index (χ3n) is 6.47. The summed E-state index contributed by atoms with van der Waals surface area (Å²) in [6.07, 6.45) is -0.930. The highest BCUT2D eigenvalue weighted by Crippen LogP contribution is 2.43. The van der Waals surface area contributed by atoms with Gasteiger partial charge in [-0.15, -0.1) is 0 Å². The molecule has 2 aromatic carbocycles. The number of rotatable bonds is 11. The van der Waals surface area contributed by atoms with Crippen molar-refractivity contribution in [2.45, 2.75) is 33.5 Å². The van der Waals surface area contributed by atoms with Crippen LogP contribution in [0.5, 0.6) is 11.5 Å². The monoisotopic (exact) mass is 541 g/mol. The zero-order valence-corrected chi connectivity index (χ0v) is 22.7. The molecule has 10 heteroatoms. The first kappa shape index (κ1) is 27.8. The number of hydrogen-bond donors (Lipinski definition) is 2. The number of nitrogens with zero attached hydrogens (tertiary/aromatic N) is 1. The van der Waals surface area contributed by atoms with Gasteiger partial charge in [0.05, 0.1) is 7.11 Å². The van der Waals surface area contributed by atoms with E-state index in [2.05, 4.69) is 4.90 Å². The first-order valence-corrected chi connectivity index (χ1v) is 13.9. The Balaban J connectivity index is 1.79. The third-order valence-corrected chi connectivity index (χ3v) is 6.98. The zero-order chi connectivity index (χ0) is 27.4. The topological polar surface area (TPSA) is 119 Å². The van der Waals surface area contributed by atoms with Crippen molar-refractivity contribution in [3.05, 3.63) is 70.4 Å². The van der Waals surface area contributed by atoms with E-state index in [0.717, 1.165) is 46.5 Å². The summed E-state index contributed by atoms with van der Waals surface area (Å²) in [5.74, 6) is 1.46. The van der Waals surface area contributed by atoms with Gasteiger partial charge in [-0.3, -0.25) is 4.79 Å². The van der Waals surface area contributed by atoms with Crippen molar-refractivity contribution in [1.82, 2.24) is 4.90 Å². The van der Waals surface area contributed by atoms with Gasteiger partial charge < -0.3 is 28.6 Å². The molecule has 0 saturated heterocycles. The lowest BCUT2D eigenvalue weighted by Gasteiger charge is -2.24. The average molecular weight is 542 g/mol. The first-order valence-electron chi connectivity index (χ1n) is 12.4. The molecule has 0 amide bonds. The van der Waals surface area contributed by atoms with Crippen LogP contribution in [0.3, 0.4) is 0 Å². The molecular weight excluding hydrogens is 509 g/mol. The second-order valence-electron chi connectivity index (χ2n) is 8.93. The van der Waals surface area contributed by atoms with Gasteiger partial charge in [0.1, 0.15) is 22.8 Å². The molecule has 2 N–H and O–H groups in total. The molecule has 2 aliphatic rings. The minimum atomic E-state index is -4.79. The molecule has 1 unspecified atom stereocenters. The van der Waals surface area contributed by atoms with Gasteiger partial charge >= 0.3 is 7.82 Å². The largest absolute Gasteiger partial charge is 0.497 e. The van der Waals surface area contributed by atoms with Gasteiger partial charge in [-0.25, -0.2) is 9.09 Å². The van der Waals surface area contributed by atoms with Crippen LogP contribution in [0.1, 0.15) is 25.8 Å². The SMILES string of the molecule is CCN(CC)CCC(Oc1ccc2c(-c3ccc(OC)cc3C)c3ccc(=O)cc-3oc2c1)OP(=O)(O)O. The molecule has 202 valence electrons. The lowest BCUT2D eigenvalue weighted by atomic mass is 9.91. The maximum absolute atomic E-state index is 12.1.